The van der Waals surface area contributed by atoms with E-state index in [9.17, 15) is 5.11 Å². The fraction of sp³-hybridized carbons (Fsp3) is 0.739. The van der Waals surface area contributed by atoms with E-state index in [2.05, 4.69) is 6.92 Å². The van der Waals surface area contributed by atoms with Gasteiger partial charge < -0.3 is 14.6 Å². The first-order valence-electron chi connectivity index (χ1n) is 10.7. The minimum atomic E-state index is -0.114. The molecule has 0 bridgehead atoms. The molecule has 0 unspecified atom stereocenters. The van der Waals surface area contributed by atoms with Gasteiger partial charge in [-0.3, -0.25) is 0 Å². The molecule has 1 aromatic carbocycles. The van der Waals surface area contributed by atoms with Crippen LogP contribution in [0.4, 0.5) is 0 Å². The van der Waals surface area contributed by atoms with Crippen LogP contribution < -0.4 is 4.74 Å². The van der Waals surface area contributed by atoms with Crippen molar-refractivity contribution >= 4 is 0 Å². The van der Waals surface area contributed by atoms with Gasteiger partial charge in [0.15, 0.2) is 0 Å². The summed E-state index contributed by atoms with van der Waals surface area (Å²) in [6.07, 6.45) is 12.7. The monoisotopic (exact) mass is 358 g/mol. The molecular weight excluding hydrogens is 324 g/mol. The largest absolute Gasteiger partial charge is 0.507 e. The average molecular weight is 359 g/mol. The summed E-state index contributed by atoms with van der Waals surface area (Å²) in [5.74, 6) is 2.50. The van der Waals surface area contributed by atoms with Crippen molar-refractivity contribution in [3.8, 4) is 11.5 Å². The van der Waals surface area contributed by atoms with Crippen molar-refractivity contribution in [3.05, 3.63) is 22.3 Å². The summed E-state index contributed by atoms with van der Waals surface area (Å²) in [6.45, 7) is 6.13. The highest BCUT2D eigenvalue weighted by atomic mass is 16.7. The molecule has 144 valence electrons. The third-order valence-corrected chi connectivity index (χ3v) is 7.17. The Morgan fingerprint density at radius 3 is 1.92 bits per heavy atom. The number of phenols is 1. The highest BCUT2D eigenvalue weighted by Crippen LogP contribution is 2.51. The summed E-state index contributed by atoms with van der Waals surface area (Å²) in [6, 6.07) is 0. The summed E-state index contributed by atoms with van der Waals surface area (Å²) in [7, 11) is 0. The Labute approximate surface area is 158 Å². The number of fused-ring (bicyclic) bond motifs is 1. The molecule has 3 aliphatic rings. The molecule has 2 atom stereocenters. The van der Waals surface area contributed by atoms with Gasteiger partial charge >= 0.3 is 0 Å². The molecule has 3 nitrogen and oxygen atoms in total. The maximum Gasteiger partial charge on any atom is 0.203 e. The number of ether oxygens (including phenoxy) is 2. The van der Waals surface area contributed by atoms with E-state index in [1.165, 1.54) is 64.2 Å². The molecule has 1 heterocycles. The Kier molecular flexibility index (Phi) is 5.18. The lowest BCUT2D eigenvalue weighted by Crippen LogP contribution is -2.39. The molecule has 0 radical (unpaired) electrons. The molecular formula is C23H34O3. The number of benzene rings is 1. The van der Waals surface area contributed by atoms with Gasteiger partial charge in [0.25, 0.3) is 0 Å². The Morgan fingerprint density at radius 2 is 1.31 bits per heavy atom. The molecule has 0 aromatic heterocycles. The van der Waals surface area contributed by atoms with Crippen molar-refractivity contribution in [2.24, 2.45) is 11.8 Å². The molecule has 0 amide bonds. The lowest BCUT2D eigenvalue weighted by atomic mass is 9.79. The third kappa shape index (κ3) is 3.13. The Bertz CT molecular complexity index is 654. The number of hydrogen-bond acceptors (Lipinski definition) is 3. The van der Waals surface area contributed by atoms with Gasteiger partial charge in [0, 0.05) is 17.0 Å². The van der Waals surface area contributed by atoms with Crippen LogP contribution in [0.5, 0.6) is 11.5 Å². The fourth-order valence-corrected chi connectivity index (χ4v) is 5.38. The first-order valence-corrected chi connectivity index (χ1v) is 10.7. The van der Waals surface area contributed by atoms with Crippen LogP contribution in [-0.4, -0.2) is 11.4 Å². The molecule has 1 aliphatic heterocycles. The fourth-order valence-electron chi connectivity index (χ4n) is 5.38. The number of aromatic hydroxyl groups is 1. The first kappa shape index (κ1) is 18.2. The van der Waals surface area contributed by atoms with E-state index in [0.29, 0.717) is 17.6 Å². The molecule has 2 aliphatic carbocycles. The van der Waals surface area contributed by atoms with E-state index < -0.39 is 0 Å². The van der Waals surface area contributed by atoms with Crippen molar-refractivity contribution in [3.63, 3.8) is 0 Å². The van der Waals surface area contributed by atoms with Gasteiger partial charge in [-0.15, -0.1) is 0 Å². The van der Waals surface area contributed by atoms with E-state index in [4.69, 9.17) is 9.47 Å². The van der Waals surface area contributed by atoms with Gasteiger partial charge in [0.05, 0.1) is 6.10 Å². The normalized spacial score (nSPS) is 27.8. The highest BCUT2D eigenvalue weighted by molar-refractivity contribution is 5.58. The van der Waals surface area contributed by atoms with Crippen molar-refractivity contribution in [1.29, 1.82) is 0 Å². The Hall–Kier alpha value is -1.22. The second-order valence-corrected chi connectivity index (χ2v) is 8.81. The molecule has 2 saturated carbocycles. The van der Waals surface area contributed by atoms with E-state index in [1.807, 2.05) is 13.8 Å². The minimum absolute atomic E-state index is 0.0798. The molecule has 26 heavy (non-hydrogen) atoms. The number of rotatable bonds is 2. The molecule has 3 heteroatoms. The second-order valence-electron chi connectivity index (χ2n) is 8.81. The SMILES string of the molecule is Cc1c(C)c2c(c(C)c1O)[C@@H](C1CCCCC1)O[C@H](C1CCCCC1)O2. The van der Waals surface area contributed by atoms with E-state index in [-0.39, 0.29) is 12.4 Å². The summed E-state index contributed by atoms with van der Waals surface area (Å²) >= 11 is 0. The molecule has 1 N–H and O–H groups in total. The van der Waals surface area contributed by atoms with Gasteiger partial charge in [0.2, 0.25) is 6.29 Å². The molecule has 1 aromatic rings. The maximum absolute atomic E-state index is 10.7. The average Bonchev–Trinajstić information content (AvgIpc) is 2.71. The smallest absolute Gasteiger partial charge is 0.203 e. The van der Waals surface area contributed by atoms with Crippen molar-refractivity contribution in [2.45, 2.75) is 97.4 Å². The minimum Gasteiger partial charge on any atom is -0.507 e. The van der Waals surface area contributed by atoms with Gasteiger partial charge in [0.1, 0.15) is 11.5 Å². The van der Waals surface area contributed by atoms with Crippen LogP contribution in [0.3, 0.4) is 0 Å². The Morgan fingerprint density at radius 1 is 0.731 bits per heavy atom. The van der Waals surface area contributed by atoms with E-state index >= 15 is 0 Å². The van der Waals surface area contributed by atoms with Crippen LogP contribution >= 0.6 is 0 Å². The lowest BCUT2D eigenvalue weighted by Gasteiger charge is -2.43. The summed E-state index contributed by atoms with van der Waals surface area (Å²) in [5.41, 5.74) is 4.13. The van der Waals surface area contributed by atoms with Gasteiger partial charge in [-0.2, -0.15) is 0 Å². The lowest BCUT2D eigenvalue weighted by molar-refractivity contribution is -0.191. The molecule has 2 fully saturated rings. The summed E-state index contributed by atoms with van der Waals surface area (Å²) < 4.78 is 13.2. The van der Waals surface area contributed by atoms with Crippen LogP contribution in [0, 0.1) is 32.6 Å². The predicted octanol–water partition coefficient (Wildman–Crippen LogP) is 6.25. The number of hydrogen-bond donors (Lipinski definition) is 1. The van der Waals surface area contributed by atoms with Crippen LogP contribution in [0.2, 0.25) is 0 Å². The van der Waals surface area contributed by atoms with Crippen molar-refractivity contribution in [1.82, 2.24) is 0 Å². The zero-order valence-electron chi connectivity index (χ0n) is 16.6. The summed E-state index contributed by atoms with van der Waals surface area (Å²) in [4.78, 5) is 0. The van der Waals surface area contributed by atoms with Crippen LogP contribution in [-0.2, 0) is 4.74 Å². The van der Waals surface area contributed by atoms with Crippen molar-refractivity contribution < 1.29 is 14.6 Å². The van der Waals surface area contributed by atoms with Crippen LogP contribution in [0.1, 0.15) is 92.6 Å². The molecule has 0 saturated heterocycles. The van der Waals surface area contributed by atoms with Gasteiger partial charge in [-0.25, -0.2) is 0 Å². The van der Waals surface area contributed by atoms with Crippen LogP contribution in [0.15, 0.2) is 0 Å². The first-order chi connectivity index (χ1) is 12.6. The molecule has 0 spiro atoms. The van der Waals surface area contributed by atoms with Gasteiger partial charge in [-0.1, -0.05) is 38.5 Å². The zero-order chi connectivity index (χ0) is 18.3. The zero-order valence-corrected chi connectivity index (χ0v) is 16.6. The molecule has 4 rings (SSSR count). The topological polar surface area (TPSA) is 38.7 Å². The maximum atomic E-state index is 10.7. The Balaban J connectivity index is 1.75. The predicted molar refractivity (Wildman–Crippen MR) is 104 cm³/mol. The number of phenolic OH excluding ortho intramolecular Hbond substituents is 1. The quantitative estimate of drug-likeness (QED) is 0.678. The second kappa shape index (κ2) is 7.42. The van der Waals surface area contributed by atoms with E-state index in [0.717, 1.165) is 28.0 Å². The van der Waals surface area contributed by atoms with Crippen LogP contribution in [0.25, 0.3) is 0 Å². The van der Waals surface area contributed by atoms with E-state index in [1.54, 1.807) is 0 Å². The van der Waals surface area contributed by atoms with Gasteiger partial charge in [-0.05, 0) is 63.5 Å². The summed E-state index contributed by atoms with van der Waals surface area (Å²) in [5, 5.41) is 10.7. The highest BCUT2D eigenvalue weighted by Gasteiger charge is 2.41. The van der Waals surface area contributed by atoms with Crippen molar-refractivity contribution in [2.75, 3.05) is 0 Å². The third-order valence-electron chi connectivity index (χ3n) is 7.17. The standard InChI is InChI=1S/C23H34O3/c1-14-15(2)21-19(16(3)20(14)24)22(17-10-6-4-7-11-17)26-23(25-21)18-12-8-5-9-13-18/h17-18,22-24H,4-13H2,1-3H3/t22-,23-/m1/s1.